The number of carbonyl (C=O) groups is 3. The van der Waals surface area contributed by atoms with Crippen LogP contribution in [0.5, 0.6) is 0 Å². The minimum atomic E-state index is -0.944. The number of aliphatic carboxylic acids is 1. The molecule has 0 bridgehead atoms. The Bertz CT molecular complexity index is 997. The number of primary amides is 1. The van der Waals surface area contributed by atoms with Gasteiger partial charge in [0.15, 0.2) is 0 Å². The molecule has 2 saturated heterocycles. The first kappa shape index (κ1) is 27.6. The zero-order chi connectivity index (χ0) is 25.9. The summed E-state index contributed by atoms with van der Waals surface area (Å²) in [5.74, 6) is -1.53. The van der Waals surface area contributed by atoms with Crippen molar-refractivity contribution in [3.05, 3.63) is 70.7 Å². The van der Waals surface area contributed by atoms with Crippen LogP contribution >= 0.6 is 11.6 Å². The molecule has 2 aromatic rings. The molecule has 2 aliphatic heterocycles. The third-order valence-electron chi connectivity index (χ3n) is 6.16. The summed E-state index contributed by atoms with van der Waals surface area (Å²) in [5.41, 5.74) is 7.63. The van der Waals surface area contributed by atoms with Crippen molar-refractivity contribution in [1.82, 2.24) is 15.1 Å². The number of carboxylic acid groups (broad SMARTS) is 1. The van der Waals surface area contributed by atoms with E-state index in [1.165, 1.54) is 11.1 Å². The van der Waals surface area contributed by atoms with Gasteiger partial charge in [0.1, 0.15) is 12.6 Å². The number of benzene rings is 2. The molecule has 0 radical (unpaired) electrons. The van der Waals surface area contributed by atoms with Gasteiger partial charge in [0.25, 0.3) is 0 Å². The Morgan fingerprint density at radius 1 is 1.06 bits per heavy atom. The largest absolute Gasteiger partial charge is 0.480 e. The first-order valence-corrected chi connectivity index (χ1v) is 12.4. The highest BCUT2D eigenvalue weighted by Gasteiger charge is 2.27. The SMILES string of the molecule is NC(=O)COCCN1CCN([C@@H](c2ccccc2)c2ccc(Cl)cc2)CC1.O=C1CC[C@H](C(=O)O)N1. The standard InChI is InChI=1S/C21H26ClN3O2.C5H7NO3/c22-19-8-6-18(7-9-19)21(17-4-2-1-3-5-17)25-12-10-24(11-13-25)14-15-27-16-20(23)26;7-4-2-1-3(6-4)5(8)9/h1-9,21H,10-16H2,(H2,23,26);3H,1-2H2,(H,6,7)(H,8,9)/t21-;3-/m01/s1. The van der Waals surface area contributed by atoms with Gasteiger partial charge in [-0.05, 0) is 29.7 Å². The van der Waals surface area contributed by atoms with Crippen LogP contribution in [-0.2, 0) is 19.1 Å². The summed E-state index contributed by atoms with van der Waals surface area (Å²) < 4.78 is 5.28. The van der Waals surface area contributed by atoms with Crippen LogP contribution in [-0.4, -0.2) is 84.7 Å². The molecular weight excluding hydrogens is 484 g/mol. The van der Waals surface area contributed by atoms with Crippen molar-refractivity contribution >= 4 is 29.4 Å². The van der Waals surface area contributed by atoms with E-state index in [2.05, 4.69) is 51.5 Å². The lowest BCUT2D eigenvalue weighted by Gasteiger charge is -2.39. The molecule has 2 amide bonds. The molecule has 2 fully saturated rings. The van der Waals surface area contributed by atoms with Crippen LogP contribution in [0.25, 0.3) is 0 Å². The number of nitrogens with one attached hydrogen (secondary N) is 1. The minimum absolute atomic E-state index is 0.00733. The summed E-state index contributed by atoms with van der Waals surface area (Å²) in [6.45, 7) is 5.22. The summed E-state index contributed by atoms with van der Waals surface area (Å²) in [6, 6.07) is 18.3. The maximum atomic E-state index is 10.7. The van der Waals surface area contributed by atoms with E-state index in [4.69, 9.17) is 27.2 Å². The monoisotopic (exact) mass is 516 g/mol. The zero-order valence-corrected chi connectivity index (χ0v) is 20.9. The zero-order valence-electron chi connectivity index (χ0n) is 20.1. The van der Waals surface area contributed by atoms with Crippen LogP contribution in [0, 0.1) is 0 Å². The lowest BCUT2D eigenvalue weighted by Crippen LogP contribution is -2.48. The Labute approximate surface area is 216 Å². The van der Waals surface area contributed by atoms with Gasteiger partial charge in [0, 0.05) is 44.2 Å². The van der Waals surface area contributed by atoms with E-state index >= 15 is 0 Å². The van der Waals surface area contributed by atoms with Crippen molar-refractivity contribution in [1.29, 1.82) is 0 Å². The van der Waals surface area contributed by atoms with E-state index in [-0.39, 0.29) is 18.6 Å². The number of amides is 2. The van der Waals surface area contributed by atoms with Crippen molar-refractivity contribution < 1.29 is 24.2 Å². The Morgan fingerprint density at radius 3 is 2.22 bits per heavy atom. The molecule has 4 rings (SSSR count). The Hall–Kier alpha value is -2.98. The number of carbonyl (C=O) groups excluding carboxylic acids is 2. The first-order valence-electron chi connectivity index (χ1n) is 12.0. The average Bonchev–Trinajstić information content (AvgIpc) is 3.32. The molecule has 0 spiro atoms. The van der Waals surface area contributed by atoms with Crippen molar-refractivity contribution in [3.8, 4) is 0 Å². The third kappa shape index (κ3) is 8.60. The second-order valence-corrected chi connectivity index (χ2v) is 9.19. The highest BCUT2D eigenvalue weighted by Crippen LogP contribution is 2.30. The maximum absolute atomic E-state index is 10.7. The molecular formula is C26H33ClN4O5. The van der Waals surface area contributed by atoms with Gasteiger partial charge in [0.2, 0.25) is 11.8 Å². The predicted octanol–water partition coefficient (Wildman–Crippen LogP) is 1.90. The average molecular weight is 517 g/mol. The van der Waals surface area contributed by atoms with Gasteiger partial charge in [0.05, 0.1) is 12.6 Å². The van der Waals surface area contributed by atoms with Crippen LogP contribution < -0.4 is 11.1 Å². The quantitative estimate of drug-likeness (QED) is 0.435. The van der Waals surface area contributed by atoms with Crippen LogP contribution in [0.1, 0.15) is 30.0 Å². The Balaban J connectivity index is 0.000000338. The maximum Gasteiger partial charge on any atom is 0.326 e. The summed E-state index contributed by atoms with van der Waals surface area (Å²) in [4.78, 5) is 36.1. The number of nitrogens with zero attached hydrogens (tertiary/aromatic N) is 2. The lowest BCUT2D eigenvalue weighted by molar-refractivity contribution is -0.140. The summed E-state index contributed by atoms with van der Waals surface area (Å²) in [6.07, 6.45) is 0.769. The fraction of sp³-hybridized carbons (Fsp3) is 0.423. The second-order valence-electron chi connectivity index (χ2n) is 8.76. The van der Waals surface area contributed by atoms with Gasteiger partial charge in [-0.2, -0.15) is 0 Å². The van der Waals surface area contributed by atoms with Crippen LogP contribution in [0.15, 0.2) is 54.6 Å². The van der Waals surface area contributed by atoms with E-state index in [0.29, 0.717) is 19.4 Å². The number of hydrogen-bond donors (Lipinski definition) is 3. The van der Waals surface area contributed by atoms with Gasteiger partial charge in [-0.15, -0.1) is 0 Å². The number of nitrogens with two attached hydrogens (primary N) is 1. The van der Waals surface area contributed by atoms with E-state index in [1.807, 2.05) is 18.2 Å². The molecule has 2 heterocycles. The van der Waals surface area contributed by atoms with Gasteiger partial charge < -0.3 is 20.9 Å². The van der Waals surface area contributed by atoms with Crippen molar-refractivity contribution in [2.45, 2.75) is 24.9 Å². The van der Waals surface area contributed by atoms with Gasteiger partial charge in [-0.25, -0.2) is 4.79 Å². The molecule has 2 atom stereocenters. The smallest absolute Gasteiger partial charge is 0.326 e. The Kier molecular flexibility index (Phi) is 10.7. The van der Waals surface area contributed by atoms with Crippen LogP contribution in [0.4, 0.5) is 0 Å². The van der Waals surface area contributed by atoms with E-state index in [1.54, 1.807) is 0 Å². The number of ether oxygens (including phenoxy) is 1. The molecule has 0 aromatic heterocycles. The molecule has 2 aliphatic rings. The highest BCUT2D eigenvalue weighted by atomic mass is 35.5. The molecule has 0 unspecified atom stereocenters. The molecule has 36 heavy (non-hydrogen) atoms. The van der Waals surface area contributed by atoms with E-state index in [9.17, 15) is 14.4 Å². The minimum Gasteiger partial charge on any atom is -0.480 e. The molecule has 2 aromatic carbocycles. The number of halogens is 1. The highest BCUT2D eigenvalue weighted by molar-refractivity contribution is 6.30. The fourth-order valence-corrected chi connectivity index (χ4v) is 4.43. The van der Waals surface area contributed by atoms with Crippen molar-refractivity contribution in [2.24, 2.45) is 5.73 Å². The molecule has 0 aliphatic carbocycles. The molecule has 194 valence electrons. The van der Waals surface area contributed by atoms with Crippen LogP contribution in [0.3, 0.4) is 0 Å². The van der Waals surface area contributed by atoms with Crippen molar-refractivity contribution in [3.63, 3.8) is 0 Å². The summed E-state index contributed by atoms with van der Waals surface area (Å²) in [7, 11) is 0. The van der Waals surface area contributed by atoms with Crippen molar-refractivity contribution in [2.75, 3.05) is 45.9 Å². The first-order chi connectivity index (χ1) is 17.3. The molecule has 9 nitrogen and oxygen atoms in total. The third-order valence-corrected chi connectivity index (χ3v) is 6.41. The molecule has 10 heteroatoms. The molecule has 0 saturated carbocycles. The topological polar surface area (TPSA) is 125 Å². The number of rotatable bonds is 9. The Morgan fingerprint density at radius 2 is 1.69 bits per heavy atom. The van der Waals surface area contributed by atoms with Gasteiger partial charge in [-0.1, -0.05) is 54.1 Å². The normalized spacial score (nSPS) is 19.1. The number of piperazine rings is 1. The van der Waals surface area contributed by atoms with Gasteiger partial charge >= 0.3 is 5.97 Å². The van der Waals surface area contributed by atoms with Crippen LogP contribution in [0.2, 0.25) is 5.02 Å². The van der Waals surface area contributed by atoms with E-state index < -0.39 is 17.9 Å². The second kappa shape index (κ2) is 13.9. The summed E-state index contributed by atoms with van der Waals surface area (Å²) in [5, 5.41) is 11.4. The lowest BCUT2D eigenvalue weighted by atomic mass is 9.96. The fourth-order valence-electron chi connectivity index (χ4n) is 4.31. The predicted molar refractivity (Wildman–Crippen MR) is 137 cm³/mol. The summed E-state index contributed by atoms with van der Waals surface area (Å²) >= 11 is 6.09. The number of carboxylic acids is 1. The van der Waals surface area contributed by atoms with Gasteiger partial charge in [-0.3, -0.25) is 19.4 Å². The van der Waals surface area contributed by atoms with E-state index in [0.717, 1.165) is 37.7 Å². The number of hydrogen-bond acceptors (Lipinski definition) is 6. The molecule has 4 N–H and O–H groups in total.